The molecule has 3 heteroatoms. The van der Waals surface area contributed by atoms with Crippen LogP contribution in [0.15, 0.2) is 0 Å². The molecule has 200 valence electrons. The maximum Gasteiger partial charge on any atom is 0.302 e. The Labute approximate surface area is 215 Å². The van der Waals surface area contributed by atoms with Crippen LogP contribution >= 0.6 is 0 Å². The maximum atomic E-state index is 12.3. The van der Waals surface area contributed by atoms with E-state index in [-0.39, 0.29) is 23.4 Å². The van der Waals surface area contributed by atoms with E-state index in [0.717, 1.165) is 43.4 Å². The van der Waals surface area contributed by atoms with Crippen LogP contribution in [-0.4, -0.2) is 17.9 Å². The lowest BCUT2D eigenvalue weighted by Crippen LogP contribution is -2.61. The number of ether oxygens (including phenoxy) is 1. The lowest BCUT2D eigenvalue weighted by atomic mass is 9.39. The second-order valence-corrected chi connectivity index (χ2v) is 14.6. The molecule has 0 aromatic heterocycles. The van der Waals surface area contributed by atoms with E-state index in [1.165, 1.54) is 44.9 Å². The van der Waals surface area contributed by atoms with Gasteiger partial charge >= 0.3 is 5.97 Å². The second-order valence-electron chi connectivity index (χ2n) is 14.6. The molecule has 0 saturated heterocycles. The molecule has 4 saturated carbocycles. The van der Waals surface area contributed by atoms with Gasteiger partial charge in [0.2, 0.25) is 0 Å². The number of carbonyl (C=O) groups excluding carboxylic acids is 2. The summed E-state index contributed by atoms with van der Waals surface area (Å²) >= 11 is 0. The lowest BCUT2D eigenvalue weighted by molar-refractivity contribution is -0.206. The van der Waals surface area contributed by atoms with Crippen LogP contribution in [0.4, 0.5) is 0 Å². The monoisotopic (exact) mass is 486 g/mol. The van der Waals surface area contributed by atoms with Crippen molar-refractivity contribution >= 4 is 11.8 Å². The zero-order valence-corrected chi connectivity index (χ0v) is 24.1. The van der Waals surface area contributed by atoms with Crippen LogP contribution in [0.2, 0.25) is 0 Å². The Kier molecular flexibility index (Phi) is 7.60. The Balaban J connectivity index is 1.61. The average molecular weight is 487 g/mol. The molecule has 4 aliphatic carbocycles. The van der Waals surface area contributed by atoms with Gasteiger partial charge in [-0.1, -0.05) is 60.8 Å². The summed E-state index contributed by atoms with van der Waals surface area (Å²) in [5, 5.41) is 0. The van der Waals surface area contributed by atoms with E-state index >= 15 is 0 Å². The molecule has 4 rings (SSSR count). The first kappa shape index (κ1) is 27.2. The molecular formula is C32H54O3. The summed E-state index contributed by atoms with van der Waals surface area (Å²) in [4.78, 5) is 24.6. The number of Topliss-reactive ketones (excluding diaryl/α,β-unsaturated/α-hetero) is 1. The van der Waals surface area contributed by atoms with Crippen molar-refractivity contribution in [3.63, 3.8) is 0 Å². The van der Waals surface area contributed by atoms with Gasteiger partial charge in [-0.3, -0.25) is 9.59 Å². The van der Waals surface area contributed by atoms with Crippen molar-refractivity contribution in [3.8, 4) is 0 Å². The predicted molar refractivity (Wildman–Crippen MR) is 143 cm³/mol. The highest BCUT2D eigenvalue weighted by Gasteiger charge is 2.67. The molecule has 0 N–H and O–H groups in total. The highest BCUT2D eigenvalue weighted by atomic mass is 16.5. The first-order valence-corrected chi connectivity index (χ1v) is 15.0. The smallest absolute Gasteiger partial charge is 0.302 e. The van der Waals surface area contributed by atoms with Crippen molar-refractivity contribution in [2.75, 3.05) is 0 Å². The molecule has 0 aromatic carbocycles. The third-order valence-corrected chi connectivity index (χ3v) is 12.6. The molecule has 0 heterocycles. The first-order valence-electron chi connectivity index (χ1n) is 15.0. The van der Waals surface area contributed by atoms with Crippen LogP contribution < -0.4 is 0 Å². The molecule has 0 bridgehead atoms. The van der Waals surface area contributed by atoms with E-state index in [1.54, 1.807) is 13.8 Å². The minimum atomic E-state index is -0.146. The van der Waals surface area contributed by atoms with E-state index in [2.05, 4.69) is 41.5 Å². The molecule has 10 atom stereocenters. The standard InChI is InChI=1S/C32H54O3/c1-20(2)10-9-11-21(3)25-13-16-32(8)27-19-29(35-23(5)34)28-18-24(22(4)33)12-15-30(28,6)26(27)14-17-31(25,32)7/h20-21,24-29H,9-19H2,1-8H3/t21-,24-,25-,26+,27-,28+,29-,30+,31+,32+/m0/s1. The fourth-order valence-corrected chi connectivity index (χ4v) is 10.4. The zero-order chi connectivity index (χ0) is 25.8. The van der Waals surface area contributed by atoms with Gasteiger partial charge in [0.1, 0.15) is 11.9 Å². The van der Waals surface area contributed by atoms with Gasteiger partial charge in [0.25, 0.3) is 0 Å². The van der Waals surface area contributed by atoms with E-state index in [9.17, 15) is 9.59 Å². The van der Waals surface area contributed by atoms with Crippen LogP contribution in [0.1, 0.15) is 126 Å². The quantitative estimate of drug-likeness (QED) is 0.340. The van der Waals surface area contributed by atoms with Crippen LogP contribution in [-0.2, 0) is 14.3 Å². The normalized spacial score (nSPS) is 45.9. The molecule has 0 radical (unpaired) electrons. The summed E-state index contributed by atoms with van der Waals surface area (Å²) in [5.41, 5.74) is 0.878. The van der Waals surface area contributed by atoms with Gasteiger partial charge in [0.15, 0.2) is 0 Å². The van der Waals surface area contributed by atoms with Crippen molar-refractivity contribution in [1.82, 2.24) is 0 Å². The summed E-state index contributed by atoms with van der Waals surface area (Å²) < 4.78 is 6.13. The van der Waals surface area contributed by atoms with Crippen molar-refractivity contribution in [3.05, 3.63) is 0 Å². The molecule has 0 spiro atoms. The molecule has 3 nitrogen and oxygen atoms in total. The van der Waals surface area contributed by atoms with Gasteiger partial charge in [0, 0.05) is 18.8 Å². The molecule has 0 aliphatic heterocycles. The van der Waals surface area contributed by atoms with E-state index in [0.29, 0.717) is 34.4 Å². The van der Waals surface area contributed by atoms with Crippen molar-refractivity contribution in [1.29, 1.82) is 0 Å². The zero-order valence-electron chi connectivity index (χ0n) is 24.1. The van der Waals surface area contributed by atoms with E-state index in [1.807, 2.05) is 0 Å². The minimum Gasteiger partial charge on any atom is -0.462 e. The van der Waals surface area contributed by atoms with Gasteiger partial charge in [-0.25, -0.2) is 0 Å². The predicted octanol–water partition coefficient (Wildman–Crippen LogP) is 8.24. The summed E-state index contributed by atoms with van der Waals surface area (Å²) in [7, 11) is 0. The largest absolute Gasteiger partial charge is 0.462 e. The fourth-order valence-electron chi connectivity index (χ4n) is 10.4. The third kappa shape index (κ3) is 4.54. The number of ketones is 1. The molecule has 4 aliphatic rings. The average Bonchev–Trinajstić information content (AvgIpc) is 3.04. The number of carbonyl (C=O) groups is 2. The highest BCUT2D eigenvalue weighted by molar-refractivity contribution is 5.78. The molecule has 4 fully saturated rings. The summed E-state index contributed by atoms with van der Waals surface area (Å²) in [6.45, 7) is 18.3. The number of hydrogen-bond acceptors (Lipinski definition) is 3. The van der Waals surface area contributed by atoms with Gasteiger partial charge in [-0.2, -0.15) is 0 Å². The van der Waals surface area contributed by atoms with Gasteiger partial charge < -0.3 is 4.74 Å². The topological polar surface area (TPSA) is 43.4 Å². The fraction of sp³-hybridized carbons (Fsp3) is 0.938. The van der Waals surface area contributed by atoms with Crippen molar-refractivity contribution in [2.45, 2.75) is 132 Å². The summed E-state index contributed by atoms with van der Waals surface area (Å²) in [6.07, 6.45) is 13.5. The molecule has 0 amide bonds. The number of rotatable bonds is 7. The maximum absolute atomic E-state index is 12.3. The lowest BCUT2D eigenvalue weighted by Gasteiger charge is -2.66. The Morgan fingerprint density at radius 2 is 1.51 bits per heavy atom. The Hall–Kier alpha value is -0.860. The third-order valence-electron chi connectivity index (χ3n) is 12.6. The second kappa shape index (κ2) is 9.79. The van der Waals surface area contributed by atoms with E-state index < -0.39 is 0 Å². The Morgan fingerprint density at radius 1 is 0.829 bits per heavy atom. The van der Waals surface area contributed by atoms with Crippen LogP contribution in [0.5, 0.6) is 0 Å². The minimum absolute atomic E-state index is 0.0254. The Bertz CT molecular complexity index is 803. The molecule has 35 heavy (non-hydrogen) atoms. The summed E-state index contributed by atoms with van der Waals surface area (Å²) in [5.74, 6) is 4.37. The van der Waals surface area contributed by atoms with Crippen LogP contribution in [0.25, 0.3) is 0 Å². The van der Waals surface area contributed by atoms with Gasteiger partial charge in [-0.15, -0.1) is 0 Å². The Morgan fingerprint density at radius 3 is 2.14 bits per heavy atom. The van der Waals surface area contributed by atoms with Crippen LogP contribution in [0, 0.1) is 57.7 Å². The molecular weight excluding hydrogens is 432 g/mol. The SMILES string of the molecule is CC(=O)O[C@H]1C[C@H]2[C@@H](CC[C@]3(C)[C@H]([C@@H](C)CCCC(C)C)CC[C@]23C)[C@@]2(C)CC[C@H](C(C)=O)C[C@H]12. The van der Waals surface area contributed by atoms with Gasteiger partial charge in [-0.05, 0) is 104 Å². The van der Waals surface area contributed by atoms with Crippen LogP contribution in [0.3, 0.4) is 0 Å². The molecule has 0 unspecified atom stereocenters. The number of esters is 1. The summed E-state index contributed by atoms with van der Waals surface area (Å²) in [6, 6.07) is 0. The first-order chi connectivity index (χ1) is 16.3. The number of fused-ring (bicyclic) bond motifs is 5. The molecule has 0 aromatic rings. The van der Waals surface area contributed by atoms with Gasteiger partial charge in [0.05, 0.1) is 0 Å². The van der Waals surface area contributed by atoms with Crippen molar-refractivity contribution in [2.24, 2.45) is 57.7 Å². The van der Waals surface area contributed by atoms with E-state index in [4.69, 9.17) is 4.74 Å². The number of hydrogen-bond donors (Lipinski definition) is 0. The highest BCUT2D eigenvalue weighted by Crippen LogP contribution is 2.74. The van der Waals surface area contributed by atoms with Crippen molar-refractivity contribution < 1.29 is 14.3 Å².